The molecule has 21 heavy (non-hydrogen) atoms. The fraction of sp³-hybridized carbons (Fsp3) is 0.500. The SMILES string of the molecule is COc1ccc(C(=N)N)c(N2CCCC(C(F)(F)F)C2)c1. The largest absolute Gasteiger partial charge is 0.497 e. The third-order valence-electron chi connectivity index (χ3n) is 3.72. The number of ether oxygens (including phenoxy) is 1. The molecule has 2 rings (SSSR count). The molecule has 0 aromatic heterocycles. The lowest BCUT2D eigenvalue weighted by Crippen LogP contribution is -2.42. The molecule has 7 heteroatoms. The Morgan fingerprint density at radius 1 is 1.43 bits per heavy atom. The zero-order valence-corrected chi connectivity index (χ0v) is 11.7. The van der Waals surface area contributed by atoms with Crippen LogP contribution in [0, 0.1) is 11.3 Å². The second-order valence-electron chi connectivity index (χ2n) is 5.12. The van der Waals surface area contributed by atoms with Crippen LogP contribution in [0.15, 0.2) is 18.2 Å². The summed E-state index contributed by atoms with van der Waals surface area (Å²) in [5.41, 5.74) is 6.48. The maximum absolute atomic E-state index is 12.9. The third kappa shape index (κ3) is 3.40. The summed E-state index contributed by atoms with van der Waals surface area (Å²) in [4.78, 5) is 1.64. The fourth-order valence-corrected chi connectivity index (χ4v) is 2.59. The van der Waals surface area contributed by atoms with Gasteiger partial charge in [0.1, 0.15) is 11.6 Å². The summed E-state index contributed by atoms with van der Waals surface area (Å²) >= 11 is 0. The first-order chi connectivity index (χ1) is 9.82. The van der Waals surface area contributed by atoms with Gasteiger partial charge in [-0.15, -0.1) is 0 Å². The van der Waals surface area contributed by atoms with Gasteiger partial charge in [-0.3, -0.25) is 5.41 Å². The predicted octanol–water partition coefficient (Wildman–Crippen LogP) is 2.76. The van der Waals surface area contributed by atoms with Crippen LogP contribution < -0.4 is 15.4 Å². The average molecular weight is 301 g/mol. The first kappa shape index (κ1) is 15.5. The highest BCUT2D eigenvalue weighted by Gasteiger charge is 2.42. The Kier molecular flexibility index (Phi) is 4.29. The van der Waals surface area contributed by atoms with Crippen molar-refractivity contribution in [3.05, 3.63) is 23.8 Å². The zero-order chi connectivity index (χ0) is 15.6. The van der Waals surface area contributed by atoms with Crippen molar-refractivity contribution in [2.75, 3.05) is 25.1 Å². The number of rotatable bonds is 3. The minimum atomic E-state index is -4.20. The summed E-state index contributed by atoms with van der Waals surface area (Å²) in [5.74, 6) is -0.983. The number of piperidine rings is 1. The smallest absolute Gasteiger partial charge is 0.393 e. The Bertz CT molecular complexity index is 531. The van der Waals surface area contributed by atoms with E-state index in [1.54, 1.807) is 23.1 Å². The third-order valence-corrected chi connectivity index (χ3v) is 3.72. The van der Waals surface area contributed by atoms with Crippen LogP contribution in [0.25, 0.3) is 0 Å². The van der Waals surface area contributed by atoms with Gasteiger partial charge in [-0.2, -0.15) is 13.2 Å². The van der Waals surface area contributed by atoms with E-state index >= 15 is 0 Å². The molecule has 1 saturated heterocycles. The molecule has 1 heterocycles. The predicted molar refractivity (Wildman–Crippen MR) is 75.0 cm³/mol. The molecule has 4 nitrogen and oxygen atoms in total. The van der Waals surface area contributed by atoms with E-state index < -0.39 is 12.1 Å². The highest BCUT2D eigenvalue weighted by Crippen LogP contribution is 2.36. The number of halogens is 3. The molecule has 0 radical (unpaired) electrons. The lowest BCUT2D eigenvalue weighted by atomic mass is 9.96. The molecule has 0 spiro atoms. The number of amidine groups is 1. The summed E-state index contributed by atoms with van der Waals surface area (Å²) in [6.07, 6.45) is -3.61. The van der Waals surface area contributed by atoms with Crippen LogP contribution in [0.3, 0.4) is 0 Å². The monoisotopic (exact) mass is 301 g/mol. The molecular weight excluding hydrogens is 283 g/mol. The van der Waals surface area contributed by atoms with Crippen LogP contribution in [0.5, 0.6) is 5.75 Å². The van der Waals surface area contributed by atoms with Crippen molar-refractivity contribution in [2.24, 2.45) is 11.7 Å². The molecule has 1 aromatic carbocycles. The zero-order valence-electron chi connectivity index (χ0n) is 11.7. The van der Waals surface area contributed by atoms with E-state index in [0.717, 1.165) is 0 Å². The molecule has 1 fully saturated rings. The molecular formula is C14H18F3N3O. The summed E-state index contributed by atoms with van der Waals surface area (Å²) in [7, 11) is 1.49. The van der Waals surface area contributed by atoms with Crippen molar-refractivity contribution in [1.82, 2.24) is 0 Å². The van der Waals surface area contributed by atoms with Crippen LogP contribution in [0.4, 0.5) is 18.9 Å². The lowest BCUT2D eigenvalue weighted by molar-refractivity contribution is -0.175. The number of methoxy groups -OCH3 is 1. The highest BCUT2D eigenvalue weighted by molar-refractivity contribution is 6.00. The minimum Gasteiger partial charge on any atom is -0.497 e. The molecule has 0 bridgehead atoms. The molecule has 1 atom stereocenters. The number of nitrogen functional groups attached to an aromatic ring is 1. The van der Waals surface area contributed by atoms with E-state index in [4.69, 9.17) is 15.9 Å². The van der Waals surface area contributed by atoms with E-state index in [9.17, 15) is 13.2 Å². The molecule has 1 unspecified atom stereocenters. The molecule has 3 N–H and O–H groups in total. The van der Waals surface area contributed by atoms with Gasteiger partial charge in [-0.25, -0.2) is 0 Å². The second-order valence-corrected chi connectivity index (χ2v) is 5.12. The molecule has 1 aromatic rings. The quantitative estimate of drug-likeness (QED) is 0.666. The Morgan fingerprint density at radius 3 is 2.71 bits per heavy atom. The Labute approximate surface area is 121 Å². The van der Waals surface area contributed by atoms with Crippen molar-refractivity contribution in [3.8, 4) is 5.75 Å². The highest BCUT2D eigenvalue weighted by atomic mass is 19.4. The first-order valence-corrected chi connectivity index (χ1v) is 6.67. The first-order valence-electron chi connectivity index (χ1n) is 6.67. The Morgan fingerprint density at radius 2 is 2.14 bits per heavy atom. The van der Waals surface area contributed by atoms with E-state index in [-0.39, 0.29) is 18.8 Å². The molecule has 1 aliphatic heterocycles. The molecule has 0 aliphatic carbocycles. The van der Waals surface area contributed by atoms with Crippen molar-refractivity contribution >= 4 is 11.5 Å². The standard InChI is InChI=1S/C14H18F3N3O/c1-21-10-4-5-11(13(18)19)12(7-10)20-6-2-3-9(8-20)14(15,16)17/h4-5,7,9H,2-3,6,8H2,1H3,(H3,18,19). The van der Waals surface area contributed by atoms with E-state index in [1.165, 1.54) is 7.11 Å². The van der Waals surface area contributed by atoms with Crippen molar-refractivity contribution < 1.29 is 17.9 Å². The van der Waals surface area contributed by atoms with Gasteiger partial charge in [-0.1, -0.05) is 0 Å². The van der Waals surface area contributed by atoms with Gasteiger partial charge in [0, 0.05) is 24.7 Å². The van der Waals surface area contributed by atoms with Gasteiger partial charge < -0.3 is 15.4 Å². The maximum atomic E-state index is 12.9. The number of nitrogens with two attached hydrogens (primary N) is 1. The number of nitrogens with one attached hydrogen (secondary N) is 1. The van der Waals surface area contributed by atoms with E-state index in [2.05, 4.69) is 0 Å². The van der Waals surface area contributed by atoms with Crippen LogP contribution in [-0.2, 0) is 0 Å². The van der Waals surface area contributed by atoms with Gasteiger partial charge in [0.2, 0.25) is 0 Å². The topological polar surface area (TPSA) is 62.3 Å². The molecule has 116 valence electrons. The molecule has 0 amide bonds. The minimum absolute atomic E-state index is 0.114. The number of hydrogen-bond donors (Lipinski definition) is 2. The van der Waals surface area contributed by atoms with Crippen molar-refractivity contribution in [3.63, 3.8) is 0 Å². The second kappa shape index (κ2) is 5.83. The number of anilines is 1. The van der Waals surface area contributed by atoms with Gasteiger partial charge >= 0.3 is 6.18 Å². The van der Waals surface area contributed by atoms with Gasteiger partial charge in [0.25, 0.3) is 0 Å². The van der Waals surface area contributed by atoms with Gasteiger partial charge in [0.05, 0.1) is 18.7 Å². The number of alkyl halides is 3. The van der Waals surface area contributed by atoms with E-state index in [0.29, 0.717) is 30.0 Å². The maximum Gasteiger partial charge on any atom is 0.393 e. The summed E-state index contributed by atoms with van der Waals surface area (Å²) in [6, 6.07) is 4.88. The fourth-order valence-electron chi connectivity index (χ4n) is 2.59. The van der Waals surface area contributed by atoms with Crippen LogP contribution in [0.1, 0.15) is 18.4 Å². The number of benzene rings is 1. The Hall–Kier alpha value is -1.92. The summed E-state index contributed by atoms with van der Waals surface area (Å²) < 4.78 is 43.9. The van der Waals surface area contributed by atoms with Gasteiger partial charge in [-0.05, 0) is 25.0 Å². The lowest BCUT2D eigenvalue weighted by Gasteiger charge is -2.36. The van der Waals surface area contributed by atoms with Crippen molar-refractivity contribution in [1.29, 1.82) is 5.41 Å². The molecule has 1 aliphatic rings. The van der Waals surface area contributed by atoms with Crippen LogP contribution in [0.2, 0.25) is 0 Å². The van der Waals surface area contributed by atoms with Crippen LogP contribution in [-0.4, -0.2) is 32.2 Å². The normalized spacial score (nSPS) is 19.4. The van der Waals surface area contributed by atoms with Crippen LogP contribution >= 0.6 is 0 Å². The van der Waals surface area contributed by atoms with Gasteiger partial charge in [0.15, 0.2) is 0 Å². The number of hydrogen-bond acceptors (Lipinski definition) is 3. The number of nitrogens with zero attached hydrogens (tertiary/aromatic N) is 1. The van der Waals surface area contributed by atoms with E-state index in [1.807, 2.05) is 0 Å². The van der Waals surface area contributed by atoms with Crippen molar-refractivity contribution in [2.45, 2.75) is 19.0 Å². The average Bonchev–Trinajstić information content (AvgIpc) is 2.45. The summed E-state index contributed by atoms with van der Waals surface area (Å²) in [5, 5.41) is 7.58. The molecule has 0 saturated carbocycles. The summed E-state index contributed by atoms with van der Waals surface area (Å²) in [6.45, 7) is 0.400. The Balaban J connectivity index is 2.33.